The van der Waals surface area contributed by atoms with Gasteiger partial charge in [0.1, 0.15) is 11.4 Å². The van der Waals surface area contributed by atoms with Crippen molar-refractivity contribution in [1.82, 2.24) is 20.3 Å². The number of carbonyl (C=O) groups is 1. The Morgan fingerprint density at radius 3 is 2.23 bits per heavy atom. The fourth-order valence-corrected chi connectivity index (χ4v) is 2.84. The molecule has 2 aromatic rings. The average Bonchev–Trinajstić information content (AvgIpc) is 2.93. The Bertz CT molecular complexity index is 744. The smallest absolute Gasteiger partial charge is 0.408 e. The number of thiazole rings is 1. The third kappa shape index (κ3) is 5.94. The summed E-state index contributed by atoms with van der Waals surface area (Å²) in [5.74, 6) is 0.790. The van der Waals surface area contributed by atoms with Crippen LogP contribution in [-0.2, 0) is 10.2 Å². The van der Waals surface area contributed by atoms with Gasteiger partial charge in [0.15, 0.2) is 5.13 Å². The molecular formula is C18H27N5O2S. The number of amides is 1. The molecule has 0 fully saturated rings. The summed E-state index contributed by atoms with van der Waals surface area (Å²) < 4.78 is 5.27. The van der Waals surface area contributed by atoms with Crippen molar-refractivity contribution in [2.24, 2.45) is 0 Å². The molecule has 7 nitrogen and oxygen atoms in total. The maximum absolute atomic E-state index is 11.9. The third-order valence-electron chi connectivity index (χ3n) is 3.26. The van der Waals surface area contributed by atoms with Gasteiger partial charge in [-0.1, -0.05) is 32.1 Å². The van der Waals surface area contributed by atoms with Gasteiger partial charge < -0.3 is 15.4 Å². The predicted octanol–water partition coefficient (Wildman–Crippen LogP) is 4.56. The van der Waals surface area contributed by atoms with E-state index in [1.165, 1.54) is 11.3 Å². The van der Waals surface area contributed by atoms with Crippen LogP contribution in [0, 0.1) is 0 Å². The Kier molecular flexibility index (Phi) is 5.85. The van der Waals surface area contributed by atoms with Crippen LogP contribution in [0.5, 0.6) is 0 Å². The predicted molar refractivity (Wildman–Crippen MR) is 104 cm³/mol. The van der Waals surface area contributed by atoms with E-state index in [9.17, 15) is 4.79 Å². The van der Waals surface area contributed by atoms with E-state index in [1.54, 1.807) is 18.6 Å². The third-order valence-corrected chi connectivity index (χ3v) is 4.35. The van der Waals surface area contributed by atoms with Crippen LogP contribution in [0.1, 0.15) is 65.2 Å². The largest absolute Gasteiger partial charge is 0.444 e. The molecule has 0 spiro atoms. The molecular weight excluding hydrogens is 350 g/mol. The highest BCUT2D eigenvalue weighted by atomic mass is 32.1. The molecule has 0 aromatic carbocycles. The van der Waals surface area contributed by atoms with Crippen molar-refractivity contribution in [3.8, 4) is 0 Å². The molecule has 1 unspecified atom stereocenters. The summed E-state index contributed by atoms with van der Waals surface area (Å²) in [5, 5.41) is 6.71. The molecule has 2 N–H and O–H groups in total. The Balaban J connectivity index is 1.98. The second-order valence-electron chi connectivity index (χ2n) is 8.11. The van der Waals surface area contributed by atoms with Crippen molar-refractivity contribution in [2.75, 3.05) is 5.32 Å². The van der Waals surface area contributed by atoms with Gasteiger partial charge in [0.05, 0.1) is 24.1 Å². The Morgan fingerprint density at radius 2 is 1.69 bits per heavy atom. The lowest BCUT2D eigenvalue weighted by Gasteiger charge is -2.21. The summed E-state index contributed by atoms with van der Waals surface area (Å²) >= 11 is 1.46. The van der Waals surface area contributed by atoms with Crippen molar-refractivity contribution in [3.05, 3.63) is 29.3 Å². The first-order valence-electron chi connectivity index (χ1n) is 8.49. The molecule has 0 aliphatic rings. The molecule has 2 heterocycles. The van der Waals surface area contributed by atoms with Gasteiger partial charge in [-0.25, -0.2) is 19.7 Å². The van der Waals surface area contributed by atoms with Gasteiger partial charge in [-0.2, -0.15) is 0 Å². The fraction of sp³-hybridized carbons (Fsp3) is 0.556. The summed E-state index contributed by atoms with van der Waals surface area (Å²) in [6.45, 7) is 13.6. The molecule has 0 aliphatic carbocycles. The number of hydrogen-bond acceptors (Lipinski definition) is 7. The number of carbonyl (C=O) groups excluding carboxylic acids is 1. The van der Waals surface area contributed by atoms with Crippen molar-refractivity contribution in [2.45, 2.75) is 65.5 Å². The molecule has 8 heteroatoms. The molecule has 0 radical (unpaired) electrons. The molecule has 2 aromatic heterocycles. The second-order valence-corrected chi connectivity index (χ2v) is 9.17. The molecule has 142 valence electrons. The lowest BCUT2D eigenvalue weighted by Crippen LogP contribution is -2.33. The molecule has 26 heavy (non-hydrogen) atoms. The first-order valence-corrected chi connectivity index (χ1v) is 9.30. The van der Waals surface area contributed by atoms with Gasteiger partial charge in [-0.05, 0) is 27.7 Å². The monoisotopic (exact) mass is 377 g/mol. The van der Waals surface area contributed by atoms with E-state index >= 15 is 0 Å². The SMILES string of the molecule is CC(NC(=O)OC(C)(C)C)c1cnc(Nc2cnc(C(C)(C)C)nc2)s1. The van der Waals surface area contributed by atoms with Crippen LogP contribution < -0.4 is 10.6 Å². The number of ether oxygens (including phenoxy) is 1. The van der Waals surface area contributed by atoms with Crippen LogP contribution in [-0.4, -0.2) is 26.6 Å². The molecule has 0 saturated heterocycles. The first-order chi connectivity index (χ1) is 11.9. The number of aromatic nitrogens is 3. The zero-order valence-corrected chi connectivity index (χ0v) is 17.2. The van der Waals surface area contributed by atoms with Crippen LogP contribution in [0.3, 0.4) is 0 Å². The lowest BCUT2D eigenvalue weighted by atomic mass is 9.96. The van der Waals surface area contributed by atoms with Crippen molar-refractivity contribution in [1.29, 1.82) is 0 Å². The second kappa shape index (κ2) is 7.57. The molecule has 1 atom stereocenters. The Hall–Kier alpha value is -2.22. The molecule has 0 aliphatic heterocycles. The summed E-state index contributed by atoms with van der Waals surface area (Å²) in [6, 6.07) is -0.197. The van der Waals surface area contributed by atoms with Gasteiger partial charge in [-0.3, -0.25) is 0 Å². The highest BCUT2D eigenvalue weighted by molar-refractivity contribution is 7.15. The molecule has 0 saturated carbocycles. The van der Waals surface area contributed by atoms with Crippen molar-refractivity contribution >= 4 is 28.2 Å². The summed E-state index contributed by atoms with van der Waals surface area (Å²) in [6.07, 6.45) is 4.78. The van der Waals surface area contributed by atoms with Gasteiger partial charge in [0, 0.05) is 16.5 Å². The number of anilines is 2. The highest BCUT2D eigenvalue weighted by Gasteiger charge is 2.20. The van der Waals surface area contributed by atoms with Crippen molar-refractivity contribution < 1.29 is 9.53 Å². The maximum Gasteiger partial charge on any atom is 0.408 e. The molecule has 0 bridgehead atoms. The number of rotatable bonds is 4. The summed E-state index contributed by atoms with van der Waals surface area (Å²) in [4.78, 5) is 25.9. The van der Waals surface area contributed by atoms with Crippen LogP contribution in [0.4, 0.5) is 15.6 Å². The van der Waals surface area contributed by atoms with E-state index in [-0.39, 0.29) is 11.5 Å². The molecule has 2 rings (SSSR count). The minimum absolute atomic E-state index is 0.0877. The number of nitrogens with one attached hydrogen (secondary N) is 2. The van der Waals surface area contributed by atoms with Crippen LogP contribution in [0.2, 0.25) is 0 Å². The minimum Gasteiger partial charge on any atom is -0.444 e. The fourth-order valence-electron chi connectivity index (χ4n) is 2.00. The van der Waals surface area contributed by atoms with Crippen LogP contribution in [0.25, 0.3) is 0 Å². The highest BCUT2D eigenvalue weighted by Crippen LogP contribution is 2.27. The summed E-state index contributed by atoms with van der Waals surface area (Å²) in [5.41, 5.74) is 0.158. The van der Waals surface area contributed by atoms with Gasteiger partial charge in [0.25, 0.3) is 0 Å². The minimum atomic E-state index is -0.524. The van der Waals surface area contributed by atoms with E-state index in [4.69, 9.17) is 4.74 Å². The quantitative estimate of drug-likeness (QED) is 0.812. The zero-order chi connectivity index (χ0) is 19.5. The van der Waals surface area contributed by atoms with Gasteiger partial charge in [-0.15, -0.1) is 0 Å². The average molecular weight is 378 g/mol. The van der Waals surface area contributed by atoms with E-state index < -0.39 is 11.7 Å². The van der Waals surface area contributed by atoms with E-state index in [0.29, 0.717) is 5.13 Å². The van der Waals surface area contributed by atoms with Gasteiger partial charge >= 0.3 is 6.09 Å². The maximum atomic E-state index is 11.9. The Morgan fingerprint density at radius 1 is 1.08 bits per heavy atom. The first kappa shape index (κ1) is 20.1. The normalized spacial score (nSPS) is 13.2. The standard InChI is InChI=1S/C18H27N5O2S/c1-11(22-16(24)25-18(5,6)7)13-10-21-15(26-13)23-12-8-19-14(20-9-12)17(2,3)4/h8-11H,1-7H3,(H,21,23)(H,22,24). The number of alkyl carbamates (subject to hydrolysis) is 1. The van der Waals surface area contributed by atoms with E-state index in [0.717, 1.165) is 16.4 Å². The topological polar surface area (TPSA) is 89.0 Å². The Labute approximate surface area is 158 Å². The van der Waals surface area contributed by atoms with Crippen LogP contribution >= 0.6 is 11.3 Å². The van der Waals surface area contributed by atoms with E-state index in [1.807, 2.05) is 27.7 Å². The van der Waals surface area contributed by atoms with Crippen molar-refractivity contribution in [3.63, 3.8) is 0 Å². The lowest BCUT2D eigenvalue weighted by molar-refractivity contribution is 0.0508. The number of hydrogen-bond donors (Lipinski definition) is 2. The van der Waals surface area contributed by atoms with E-state index in [2.05, 4.69) is 46.4 Å². The molecule has 1 amide bonds. The van der Waals surface area contributed by atoms with Gasteiger partial charge in [0.2, 0.25) is 0 Å². The summed E-state index contributed by atoms with van der Waals surface area (Å²) in [7, 11) is 0. The zero-order valence-electron chi connectivity index (χ0n) is 16.4. The van der Waals surface area contributed by atoms with Crippen LogP contribution in [0.15, 0.2) is 18.6 Å². The number of nitrogens with zero attached hydrogens (tertiary/aromatic N) is 3.